The second-order valence-corrected chi connectivity index (χ2v) is 9.17. The summed E-state index contributed by atoms with van der Waals surface area (Å²) in [5.74, 6) is 1.21. The number of hydrogen-bond donors (Lipinski definition) is 2. The molecule has 128 valence electrons. The molecule has 0 radical (unpaired) electrons. The lowest BCUT2D eigenvalue weighted by atomic mass is 9.47. The molecule has 3 heteroatoms. The molecule has 3 nitrogen and oxygen atoms in total. The number of aliphatic hydroxyl groups excluding tert-OH is 1. The van der Waals surface area contributed by atoms with Gasteiger partial charge in [0.1, 0.15) is 0 Å². The van der Waals surface area contributed by atoms with Crippen molar-refractivity contribution in [2.75, 3.05) is 0 Å². The Morgan fingerprint density at radius 3 is 2.65 bits per heavy atom. The van der Waals surface area contributed by atoms with Gasteiger partial charge in [-0.25, -0.2) is 0 Å². The van der Waals surface area contributed by atoms with Crippen molar-refractivity contribution in [2.24, 2.45) is 34.5 Å². The van der Waals surface area contributed by atoms with Gasteiger partial charge in [-0.2, -0.15) is 0 Å². The minimum absolute atomic E-state index is 0.00286. The Hall–Kier alpha value is -0.830. The van der Waals surface area contributed by atoms with E-state index in [0.29, 0.717) is 17.8 Å². The highest BCUT2D eigenvalue weighted by Crippen LogP contribution is 2.66. The molecule has 2 N–H and O–H groups in total. The van der Waals surface area contributed by atoms with E-state index in [0.717, 1.165) is 44.9 Å². The molecule has 0 spiro atoms. The Morgan fingerprint density at radius 1 is 1.13 bits per heavy atom. The summed E-state index contributed by atoms with van der Waals surface area (Å²) in [6.45, 7) is 4.68. The fraction of sp³-hybridized carbons (Fsp3) is 0.850. The van der Waals surface area contributed by atoms with E-state index < -0.39 is 5.97 Å². The van der Waals surface area contributed by atoms with E-state index in [4.69, 9.17) is 0 Å². The summed E-state index contributed by atoms with van der Waals surface area (Å²) in [6, 6.07) is 0. The summed E-state index contributed by atoms with van der Waals surface area (Å²) in [6.07, 6.45) is 10.5. The Labute approximate surface area is 139 Å². The lowest BCUT2D eigenvalue weighted by molar-refractivity contribution is -0.148. The molecule has 0 aliphatic heterocycles. The predicted octanol–water partition coefficient (Wildman–Crippen LogP) is 4.01. The molecule has 4 rings (SSSR count). The maximum atomic E-state index is 11.7. The predicted molar refractivity (Wildman–Crippen MR) is 88.8 cm³/mol. The van der Waals surface area contributed by atoms with Crippen LogP contribution in [-0.2, 0) is 4.79 Å². The number of aliphatic hydroxyl groups is 1. The second-order valence-electron chi connectivity index (χ2n) is 9.17. The van der Waals surface area contributed by atoms with Gasteiger partial charge < -0.3 is 10.2 Å². The van der Waals surface area contributed by atoms with Crippen molar-refractivity contribution < 1.29 is 15.0 Å². The normalized spacial score (nSPS) is 52.1. The highest BCUT2D eigenvalue weighted by atomic mass is 16.4. The fourth-order valence-electron chi connectivity index (χ4n) is 7.05. The largest absolute Gasteiger partial charge is 0.481 e. The number of fused-ring (bicyclic) bond motifs is 5. The van der Waals surface area contributed by atoms with E-state index in [2.05, 4.69) is 19.9 Å². The summed E-state index contributed by atoms with van der Waals surface area (Å²) < 4.78 is 0. The Kier molecular flexibility index (Phi) is 3.46. The molecule has 4 aliphatic carbocycles. The van der Waals surface area contributed by atoms with Crippen LogP contribution in [0.25, 0.3) is 0 Å². The number of carbonyl (C=O) groups is 1. The van der Waals surface area contributed by atoms with Gasteiger partial charge in [0.2, 0.25) is 0 Å². The number of allylic oxidation sites excluding steroid dienone is 1. The van der Waals surface area contributed by atoms with Gasteiger partial charge >= 0.3 is 5.97 Å². The molecule has 0 bridgehead atoms. The van der Waals surface area contributed by atoms with Crippen molar-refractivity contribution in [2.45, 2.75) is 71.3 Å². The number of carboxylic acids is 1. The zero-order chi connectivity index (χ0) is 16.4. The molecule has 23 heavy (non-hydrogen) atoms. The molecule has 0 amide bonds. The van der Waals surface area contributed by atoms with E-state index in [1.54, 1.807) is 0 Å². The molecule has 0 aromatic carbocycles. The van der Waals surface area contributed by atoms with Crippen LogP contribution in [0, 0.1) is 34.5 Å². The molecule has 0 saturated heterocycles. The van der Waals surface area contributed by atoms with Crippen molar-refractivity contribution in [1.82, 2.24) is 0 Å². The fourth-order valence-corrected chi connectivity index (χ4v) is 7.05. The molecular weight excluding hydrogens is 288 g/mol. The monoisotopic (exact) mass is 318 g/mol. The van der Waals surface area contributed by atoms with Crippen molar-refractivity contribution in [1.29, 1.82) is 0 Å². The minimum atomic E-state index is -0.576. The third kappa shape index (κ3) is 2.08. The molecule has 0 heterocycles. The van der Waals surface area contributed by atoms with Crippen LogP contribution >= 0.6 is 0 Å². The van der Waals surface area contributed by atoms with Gasteiger partial charge in [0.05, 0.1) is 12.0 Å². The van der Waals surface area contributed by atoms with Gasteiger partial charge in [0, 0.05) is 0 Å². The van der Waals surface area contributed by atoms with Gasteiger partial charge in [-0.05, 0) is 80.0 Å². The average molecular weight is 318 g/mol. The highest BCUT2D eigenvalue weighted by molar-refractivity contribution is 5.71. The first-order valence-electron chi connectivity index (χ1n) is 9.46. The molecule has 0 aromatic heterocycles. The molecule has 7 atom stereocenters. The molecule has 3 saturated carbocycles. The standard InChI is InChI=1S/C20H30O3/c1-19-9-7-13(21)11-12(19)3-4-14-15-5-6-17(18(22)23)20(15,2)10-8-16(14)19/h3,13-17,21H,4-11H2,1-2H3,(H,22,23)/t13?,14-,15-,16-,17?,19-,20-/m0/s1. The summed E-state index contributed by atoms with van der Waals surface area (Å²) >= 11 is 0. The lowest BCUT2D eigenvalue weighted by Crippen LogP contribution is -2.51. The van der Waals surface area contributed by atoms with Crippen LogP contribution in [0.4, 0.5) is 0 Å². The zero-order valence-corrected chi connectivity index (χ0v) is 14.4. The number of aliphatic carboxylic acids is 1. The summed E-state index contributed by atoms with van der Waals surface area (Å²) in [7, 11) is 0. The van der Waals surface area contributed by atoms with Crippen LogP contribution in [0.2, 0.25) is 0 Å². The van der Waals surface area contributed by atoms with Crippen LogP contribution < -0.4 is 0 Å². The van der Waals surface area contributed by atoms with Gasteiger partial charge in [-0.3, -0.25) is 4.79 Å². The van der Waals surface area contributed by atoms with Crippen molar-refractivity contribution in [3.8, 4) is 0 Å². The Morgan fingerprint density at radius 2 is 1.91 bits per heavy atom. The lowest BCUT2D eigenvalue weighted by Gasteiger charge is -2.57. The second kappa shape index (κ2) is 5.08. The van der Waals surface area contributed by atoms with Gasteiger partial charge in [-0.15, -0.1) is 0 Å². The van der Waals surface area contributed by atoms with Gasteiger partial charge in [0.25, 0.3) is 0 Å². The average Bonchev–Trinajstić information content (AvgIpc) is 2.85. The SMILES string of the molecule is C[C@]12CCC(O)CC1=CC[C@@H]1[C@@H]2CC[C@]2(C)C(C(=O)O)CC[C@@H]12. The third-order valence-electron chi connectivity index (χ3n) is 8.38. The van der Waals surface area contributed by atoms with E-state index in [1.807, 2.05) is 0 Å². The van der Waals surface area contributed by atoms with E-state index in [9.17, 15) is 15.0 Å². The third-order valence-corrected chi connectivity index (χ3v) is 8.38. The van der Waals surface area contributed by atoms with Crippen LogP contribution in [-0.4, -0.2) is 22.3 Å². The first-order valence-corrected chi connectivity index (χ1v) is 9.46. The smallest absolute Gasteiger partial charge is 0.307 e. The van der Waals surface area contributed by atoms with Crippen LogP contribution in [0.3, 0.4) is 0 Å². The molecule has 4 aliphatic rings. The van der Waals surface area contributed by atoms with Crippen molar-refractivity contribution in [3.05, 3.63) is 11.6 Å². The zero-order valence-electron chi connectivity index (χ0n) is 14.4. The maximum absolute atomic E-state index is 11.7. The van der Waals surface area contributed by atoms with Crippen LogP contribution in [0.15, 0.2) is 11.6 Å². The van der Waals surface area contributed by atoms with E-state index >= 15 is 0 Å². The van der Waals surface area contributed by atoms with E-state index in [-0.39, 0.29) is 22.9 Å². The Balaban J connectivity index is 1.66. The number of rotatable bonds is 1. The highest BCUT2D eigenvalue weighted by Gasteiger charge is 2.59. The first-order chi connectivity index (χ1) is 10.9. The minimum Gasteiger partial charge on any atom is -0.481 e. The summed E-state index contributed by atoms with van der Waals surface area (Å²) in [5.41, 5.74) is 1.75. The number of hydrogen-bond acceptors (Lipinski definition) is 2. The topological polar surface area (TPSA) is 57.5 Å². The van der Waals surface area contributed by atoms with E-state index in [1.165, 1.54) is 12.0 Å². The summed E-state index contributed by atoms with van der Waals surface area (Å²) in [4.78, 5) is 11.7. The van der Waals surface area contributed by atoms with Crippen molar-refractivity contribution in [3.63, 3.8) is 0 Å². The summed E-state index contributed by atoms with van der Waals surface area (Å²) in [5, 5.41) is 19.7. The van der Waals surface area contributed by atoms with Crippen LogP contribution in [0.1, 0.15) is 65.2 Å². The first kappa shape index (κ1) is 15.7. The van der Waals surface area contributed by atoms with Gasteiger partial charge in [-0.1, -0.05) is 25.5 Å². The quantitative estimate of drug-likeness (QED) is 0.718. The molecule has 0 aromatic rings. The Bertz CT molecular complexity index is 553. The molecule has 3 fully saturated rings. The van der Waals surface area contributed by atoms with Crippen LogP contribution in [0.5, 0.6) is 0 Å². The molecular formula is C20H30O3. The van der Waals surface area contributed by atoms with Gasteiger partial charge in [0.15, 0.2) is 0 Å². The van der Waals surface area contributed by atoms with Crippen molar-refractivity contribution >= 4 is 5.97 Å². The number of carboxylic acid groups (broad SMARTS) is 1. The maximum Gasteiger partial charge on any atom is 0.307 e. The molecule has 2 unspecified atom stereocenters.